The summed E-state index contributed by atoms with van der Waals surface area (Å²) in [5.41, 5.74) is 12.8. The van der Waals surface area contributed by atoms with Crippen LogP contribution in [0.2, 0.25) is 0 Å². The quantitative estimate of drug-likeness (QED) is 0.140. The number of aromatic nitrogens is 4. The lowest BCUT2D eigenvalue weighted by Gasteiger charge is -2.24. The molecule has 2 atom stereocenters. The van der Waals surface area contributed by atoms with Gasteiger partial charge in [-0.05, 0) is 107 Å². The van der Waals surface area contributed by atoms with E-state index >= 15 is 0 Å². The standard InChI is InChI=1S/C44H38N4O3/c1-24(2)32-18-33(20-34(19-32)44-46-45-43(51-44)28-9-7-6-8-10-28)31-13-15-39-36(22-31)35-21-29(11-14-38(35)47(39)49)30-12-16-40-37(23-30)41-27(5)25(3)17-26(4)42(41)48(40)50/h6-24,26-27,49-50H,1-5H3. The summed E-state index contributed by atoms with van der Waals surface area (Å²) in [6.45, 7) is 10.9. The molecule has 0 bridgehead atoms. The maximum absolute atomic E-state index is 11.3. The molecule has 3 aromatic heterocycles. The number of hydrogen-bond donors (Lipinski definition) is 2. The first-order valence-electron chi connectivity index (χ1n) is 17.5. The minimum absolute atomic E-state index is 0.134. The molecular weight excluding hydrogens is 633 g/mol. The Morgan fingerprint density at radius 1 is 0.608 bits per heavy atom. The summed E-state index contributed by atoms with van der Waals surface area (Å²) >= 11 is 0. The lowest BCUT2D eigenvalue weighted by atomic mass is 9.81. The third-order valence-electron chi connectivity index (χ3n) is 10.8. The maximum Gasteiger partial charge on any atom is 0.248 e. The van der Waals surface area contributed by atoms with Crippen molar-refractivity contribution in [3.05, 3.63) is 132 Å². The minimum atomic E-state index is 0.134. The molecule has 0 spiro atoms. The van der Waals surface area contributed by atoms with Crippen LogP contribution in [-0.4, -0.2) is 30.1 Å². The van der Waals surface area contributed by atoms with E-state index in [9.17, 15) is 10.4 Å². The smallest absolute Gasteiger partial charge is 0.248 e. The largest absolute Gasteiger partial charge is 0.428 e. The molecule has 0 aliphatic heterocycles. The van der Waals surface area contributed by atoms with Gasteiger partial charge < -0.3 is 14.8 Å². The molecule has 7 nitrogen and oxygen atoms in total. The molecule has 1 aliphatic rings. The highest BCUT2D eigenvalue weighted by molar-refractivity contribution is 6.10. The van der Waals surface area contributed by atoms with Crippen LogP contribution in [0.3, 0.4) is 0 Å². The fourth-order valence-electron chi connectivity index (χ4n) is 7.91. The molecule has 7 heteroatoms. The third-order valence-corrected chi connectivity index (χ3v) is 10.8. The Balaban J connectivity index is 1.16. The van der Waals surface area contributed by atoms with Crippen LogP contribution in [0, 0.1) is 0 Å². The number of rotatable bonds is 5. The first-order chi connectivity index (χ1) is 24.7. The van der Waals surface area contributed by atoms with Crippen molar-refractivity contribution in [2.45, 2.75) is 52.4 Å². The van der Waals surface area contributed by atoms with Gasteiger partial charge in [0.05, 0.1) is 22.2 Å². The summed E-state index contributed by atoms with van der Waals surface area (Å²) in [6.07, 6.45) is 2.25. The fourth-order valence-corrected chi connectivity index (χ4v) is 7.91. The zero-order chi connectivity index (χ0) is 35.1. The predicted molar refractivity (Wildman–Crippen MR) is 204 cm³/mol. The summed E-state index contributed by atoms with van der Waals surface area (Å²) in [7, 11) is 0. The zero-order valence-electron chi connectivity index (χ0n) is 29.2. The van der Waals surface area contributed by atoms with Crippen molar-refractivity contribution >= 4 is 32.7 Å². The first-order valence-corrected chi connectivity index (χ1v) is 17.5. The van der Waals surface area contributed by atoms with Gasteiger partial charge in [-0.3, -0.25) is 0 Å². The van der Waals surface area contributed by atoms with Crippen molar-refractivity contribution < 1.29 is 14.8 Å². The second-order valence-corrected chi connectivity index (χ2v) is 14.3. The van der Waals surface area contributed by atoms with Crippen molar-refractivity contribution in [2.75, 3.05) is 0 Å². The molecule has 2 N–H and O–H groups in total. The van der Waals surface area contributed by atoms with Gasteiger partial charge in [0, 0.05) is 39.1 Å². The highest BCUT2D eigenvalue weighted by Gasteiger charge is 2.29. The molecule has 9 rings (SSSR count). The molecule has 0 amide bonds. The Hall–Kier alpha value is -6.08. The van der Waals surface area contributed by atoms with Crippen LogP contribution in [0.25, 0.3) is 77.9 Å². The molecule has 252 valence electrons. The SMILES string of the molecule is CC1=CC(C)c2c(c3cc(-c4ccc5c(c4)c4cc(-c6cc(-c7nnc(-c8ccccc8)o7)cc(C(C)C)c6)ccc4n5O)ccc3n2O)C1C. The van der Waals surface area contributed by atoms with Gasteiger partial charge in [-0.1, -0.05) is 81.8 Å². The number of allylic oxidation sites excluding steroid dienone is 2. The zero-order valence-corrected chi connectivity index (χ0v) is 29.2. The van der Waals surface area contributed by atoms with Crippen molar-refractivity contribution in [1.82, 2.24) is 19.7 Å². The van der Waals surface area contributed by atoms with Gasteiger partial charge in [-0.15, -0.1) is 10.2 Å². The summed E-state index contributed by atoms with van der Waals surface area (Å²) in [5, 5.41) is 34.2. The van der Waals surface area contributed by atoms with Gasteiger partial charge >= 0.3 is 0 Å². The van der Waals surface area contributed by atoms with Gasteiger partial charge in [-0.25, -0.2) is 0 Å². The fraction of sp³-hybridized carbons (Fsp3) is 0.182. The molecule has 2 unspecified atom stereocenters. The van der Waals surface area contributed by atoms with Gasteiger partial charge in [-0.2, -0.15) is 9.46 Å². The average Bonchev–Trinajstić information content (AvgIpc) is 3.84. The highest BCUT2D eigenvalue weighted by Crippen LogP contribution is 2.44. The molecule has 0 saturated heterocycles. The molecule has 1 aliphatic carbocycles. The summed E-state index contributed by atoms with van der Waals surface area (Å²) in [6, 6.07) is 34.9. The molecule has 51 heavy (non-hydrogen) atoms. The van der Waals surface area contributed by atoms with E-state index in [1.165, 1.54) is 20.6 Å². The van der Waals surface area contributed by atoms with Crippen LogP contribution in [0.1, 0.15) is 69.2 Å². The topological polar surface area (TPSA) is 89.2 Å². The summed E-state index contributed by atoms with van der Waals surface area (Å²) < 4.78 is 8.82. The lowest BCUT2D eigenvalue weighted by molar-refractivity contribution is 0.188. The normalized spacial score (nSPS) is 16.0. The Morgan fingerprint density at radius 3 is 1.78 bits per heavy atom. The van der Waals surface area contributed by atoms with Crippen molar-refractivity contribution in [3.8, 4) is 45.2 Å². The van der Waals surface area contributed by atoms with Crippen LogP contribution in [0.4, 0.5) is 0 Å². The molecule has 5 aromatic carbocycles. The minimum Gasteiger partial charge on any atom is -0.428 e. The second-order valence-electron chi connectivity index (χ2n) is 14.3. The van der Waals surface area contributed by atoms with Gasteiger partial charge in [0.15, 0.2) is 0 Å². The van der Waals surface area contributed by atoms with E-state index in [4.69, 9.17) is 4.42 Å². The van der Waals surface area contributed by atoms with Gasteiger partial charge in [0.2, 0.25) is 11.8 Å². The Morgan fingerprint density at radius 2 is 1.16 bits per heavy atom. The molecule has 3 heterocycles. The van der Waals surface area contributed by atoms with Crippen LogP contribution in [0.15, 0.2) is 119 Å². The lowest BCUT2D eigenvalue weighted by Crippen LogP contribution is -2.11. The van der Waals surface area contributed by atoms with Crippen molar-refractivity contribution in [3.63, 3.8) is 0 Å². The van der Waals surface area contributed by atoms with E-state index in [2.05, 4.69) is 105 Å². The van der Waals surface area contributed by atoms with Gasteiger partial charge in [0.25, 0.3) is 0 Å². The summed E-state index contributed by atoms with van der Waals surface area (Å²) in [5.74, 6) is 1.59. The van der Waals surface area contributed by atoms with Crippen LogP contribution in [-0.2, 0) is 0 Å². The van der Waals surface area contributed by atoms with E-state index in [1.807, 2.05) is 48.5 Å². The number of hydrogen-bond acceptors (Lipinski definition) is 5. The van der Waals surface area contributed by atoms with E-state index in [-0.39, 0.29) is 17.8 Å². The van der Waals surface area contributed by atoms with Gasteiger partial charge in [0.1, 0.15) is 0 Å². The Kier molecular flexibility index (Phi) is 6.97. The van der Waals surface area contributed by atoms with E-state index in [0.29, 0.717) is 11.8 Å². The molecule has 0 saturated carbocycles. The maximum atomic E-state index is 11.3. The van der Waals surface area contributed by atoms with Crippen LogP contribution >= 0.6 is 0 Å². The molecule has 8 aromatic rings. The Bertz CT molecular complexity index is 2690. The monoisotopic (exact) mass is 670 g/mol. The molecule has 0 fully saturated rings. The first kappa shape index (κ1) is 30.9. The molecular formula is C44H38N4O3. The predicted octanol–water partition coefficient (Wildman–Crippen LogP) is 11.6. The molecule has 0 radical (unpaired) electrons. The number of fused-ring (bicyclic) bond motifs is 6. The van der Waals surface area contributed by atoms with E-state index in [0.717, 1.165) is 77.3 Å². The van der Waals surface area contributed by atoms with E-state index in [1.54, 1.807) is 0 Å². The Labute approximate surface area is 295 Å². The number of nitrogens with zero attached hydrogens (tertiary/aromatic N) is 4. The van der Waals surface area contributed by atoms with Crippen LogP contribution in [0.5, 0.6) is 0 Å². The second kappa shape index (κ2) is 11.5. The average molecular weight is 671 g/mol. The highest BCUT2D eigenvalue weighted by atomic mass is 16.5. The number of benzene rings is 5. The van der Waals surface area contributed by atoms with Crippen molar-refractivity contribution in [2.24, 2.45) is 0 Å². The van der Waals surface area contributed by atoms with Crippen molar-refractivity contribution in [1.29, 1.82) is 0 Å². The third kappa shape index (κ3) is 4.87. The summed E-state index contributed by atoms with van der Waals surface area (Å²) in [4.78, 5) is 0. The van der Waals surface area contributed by atoms with Crippen LogP contribution < -0.4 is 0 Å². The van der Waals surface area contributed by atoms with E-state index < -0.39 is 0 Å².